The molecule has 0 atom stereocenters. The molecule has 0 rings (SSSR count). The monoisotopic (exact) mass is 230 g/mol. The van der Waals surface area contributed by atoms with Crippen LogP contribution in [0.25, 0.3) is 0 Å². The van der Waals surface area contributed by atoms with Gasteiger partial charge in [0.2, 0.25) is 0 Å². The number of hydrogen-bond acceptors (Lipinski definition) is 0. The highest BCUT2D eigenvalue weighted by molar-refractivity contribution is 5.13. The first kappa shape index (κ1) is 16.1. The fraction of sp³-hybridized carbons (Fsp3) is 0.412. The Bertz CT molecular complexity index is 190. The lowest BCUT2D eigenvalue weighted by atomic mass is 9.94. The maximum Gasteiger partial charge on any atom is 0.106 e. The summed E-state index contributed by atoms with van der Waals surface area (Å²) in [5.41, 5.74) is 1.47. The minimum absolute atomic E-state index is 0.889. The van der Waals surface area contributed by atoms with E-state index in [-0.39, 0.29) is 0 Å². The van der Waals surface area contributed by atoms with Gasteiger partial charge < -0.3 is 0 Å². The van der Waals surface area contributed by atoms with Gasteiger partial charge >= 0.3 is 0 Å². The van der Waals surface area contributed by atoms with Gasteiger partial charge in [0.1, 0.15) is 12.8 Å². The molecule has 0 saturated heterocycles. The second-order valence-corrected chi connectivity index (χ2v) is 4.12. The van der Waals surface area contributed by atoms with Gasteiger partial charge in [-0.05, 0) is 31.4 Å². The summed E-state index contributed by atoms with van der Waals surface area (Å²) in [6.07, 6.45) is 15.5. The van der Waals surface area contributed by atoms with E-state index in [2.05, 4.69) is 46.3 Å². The van der Waals surface area contributed by atoms with E-state index in [9.17, 15) is 0 Å². The molecular weight excluding hydrogens is 204 g/mol. The number of allylic oxidation sites excluding steroid dienone is 3. The van der Waals surface area contributed by atoms with Crippen LogP contribution in [-0.2, 0) is 0 Å². The molecule has 0 nitrogen and oxygen atoms in total. The minimum atomic E-state index is 0.889. The van der Waals surface area contributed by atoms with Gasteiger partial charge in [-0.3, -0.25) is 19.8 Å². The molecule has 17 heavy (non-hydrogen) atoms. The van der Waals surface area contributed by atoms with Gasteiger partial charge in [0.25, 0.3) is 0 Å². The van der Waals surface area contributed by atoms with Gasteiger partial charge in [-0.1, -0.05) is 6.58 Å². The van der Waals surface area contributed by atoms with Crippen LogP contribution in [0.5, 0.6) is 0 Å². The lowest BCUT2D eigenvalue weighted by Crippen LogP contribution is -1.94. The van der Waals surface area contributed by atoms with Crippen LogP contribution in [0.1, 0.15) is 44.9 Å². The van der Waals surface area contributed by atoms with Crippen molar-refractivity contribution in [2.24, 2.45) is 0 Å². The molecule has 0 aromatic heterocycles. The SMILES string of the molecule is C=CC[C+](C[CH2-])CC=C(C[CH-]C[CH2+])C[CH-]C[CH2+]. The quantitative estimate of drug-likeness (QED) is 0.333. The Balaban J connectivity index is 4.17. The van der Waals surface area contributed by atoms with E-state index in [0.29, 0.717) is 0 Å². The van der Waals surface area contributed by atoms with Crippen molar-refractivity contribution in [3.8, 4) is 0 Å². The van der Waals surface area contributed by atoms with Gasteiger partial charge in [-0.2, -0.15) is 12.8 Å². The molecule has 0 aliphatic rings. The minimum Gasteiger partial charge on any atom is -0.299 e. The van der Waals surface area contributed by atoms with Crippen molar-refractivity contribution in [1.29, 1.82) is 0 Å². The molecule has 0 aromatic rings. The van der Waals surface area contributed by atoms with Gasteiger partial charge in [0.05, 0.1) is 5.92 Å². The van der Waals surface area contributed by atoms with Crippen molar-refractivity contribution in [2.45, 2.75) is 44.9 Å². The van der Waals surface area contributed by atoms with Crippen LogP contribution in [0.15, 0.2) is 24.3 Å². The van der Waals surface area contributed by atoms with Crippen molar-refractivity contribution < 1.29 is 0 Å². The Morgan fingerprint density at radius 3 is 2.18 bits per heavy atom. The summed E-state index contributed by atoms with van der Waals surface area (Å²) in [5.74, 6) is 1.45. The van der Waals surface area contributed by atoms with E-state index >= 15 is 0 Å². The Morgan fingerprint density at radius 1 is 1.18 bits per heavy atom. The second kappa shape index (κ2) is 11.6. The number of hydrogen-bond donors (Lipinski definition) is 0. The van der Waals surface area contributed by atoms with Crippen LogP contribution in [0.3, 0.4) is 0 Å². The van der Waals surface area contributed by atoms with E-state index < -0.39 is 0 Å². The molecular formula is C17H26. The van der Waals surface area contributed by atoms with E-state index in [0.717, 1.165) is 44.9 Å². The van der Waals surface area contributed by atoms with Crippen LogP contribution in [-0.4, -0.2) is 0 Å². The molecule has 0 amide bonds. The van der Waals surface area contributed by atoms with E-state index in [1.54, 1.807) is 0 Å². The highest BCUT2D eigenvalue weighted by Gasteiger charge is 2.09. The van der Waals surface area contributed by atoms with Crippen molar-refractivity contribution in [2.75, 3.05) is 0 Å². The van der Waals surface area contributed by atoms with Crippen LogP contribution in [0.2, 0.25) is 0 Å². The predicted molar refractivity (Wildman–Crippen MR) is 78.5 cm³/mol. The predicted octanol–water partition coefficient (Wildman–Crippen LogP) is 5.31. The van der Waals surface area contributed by atoms with Crippen molar-refractivity contribution >= 4 is 0 Å². The van der Waals surface area contributed by atoms with E-state index in [1.165, 1.54) is 11.5 Å². The summed E-state index contributed by atoms with van der Waals surface area (Å²) in [4.78, 5) is 0. The zero-order chi connectivity index (χ0) is 12.9. The molecule has 0 fully saturated rings. The molecule has 0 aliphatic carbocycles. The molecule has 0 radical (unpaired) electrons. The Labute approximate surface area is 109 Å². The summed E-state index contributed by atoms with van der Waals surface area (Å²) < 4.78 is 0. The van der Waals surface area contributed by atoms with Gasteiger partial charge in [-0.15, -0.1) is 5.57 Å². The van der Waals surface area contributed by atoms with E-state index in [1.807, 2.05) is 6.08 Å². The molecule has 94 valence electrons. The smallest absolute Gasteiger partial charge is 0.106 e. The lowest BCUT2D eigenvalue weighted by molar-refractivity contribution is 0.828. The molecule has 0 aromatic carbocycles. The van der Waals surface area contributed by atoms with Gasteiger partial charge in [-0.25, -0.2) is 0 Å². The lowest BCUT2D eigenvalue weighted by Gasteiger charge is -2.15. The number of rotatable bonds is 11. The van der Waals surface area contributed by atoms with Gasteiger partial charge in [0, 0.05) is 13.8 Å². The normalized spacial score (nSPS) is 9.94. The average Bonchev–Trinajstić information content (AvgIpc) is 2.36. The van der Waals surface area contributed by atoms with Gasteiger partial charge in [0.15, 0.2) is 0 Å². The number of unbranched alkanes of at least 4 members (excludes halogenated alkanes) is 2. The maximum atomic E-state index is 3.96. The van der Waals surface area contributed by atoms with Crippen molar-refractivity contribution in [1.82, 2.24) is 0 Å². The summed E-state index contributed by atoms with van der Waals surface area (Å²) in [6.45, 7) is 15.4. The Kier molecular flexibility index (Phi) is 11.0. The first-order chi connectivity index (χ1) is 8.28. The van der Waals surface area contributed by atoms with Crippen LogP contribution in [0.4, 0.5) is 0 Å². The summed E-state index contributed by atoms with van der Waals surface area (Å²) in [6, 6.07) is 0. The van der Waals surface area contributed by atoms with E-state index in [4.69, 9.17) is 0 Å². The fourth-order valence-electron chi connectivity index (χ4n) is 1.61. The third kappa shape index (κ3) is 8.85. The van der Waals surface area contributed by atoms with Crippen molar-refractivity contribution in [3.05, 3.63) is 63.8 Å². The molecule has 0 bridgehead atoms. The third-order valence-corrected chi connectivity index (χ3v) is 2.69. The zero-order valence-corrected chi connectivity index (χ0v) is 11.1. The first-order valence-corrected chi connectivity index (χ1v) is 6.41. The zero-order valence-electron chi connectivity index (χ0n) is 11.1. The molecule has 0 N–H and O–H groups in total. The highest BCUT2D eigenvalue weighted by Crippen LogP contribution is 2.21. The Hall–Kier alpha value is -0.910. The summed E-state index contributed by atoms with van der Waals surface area (Å²) >= 11 is 0. The fourth-order valence-corrected chi connectivity index (χ4v) is 1.61. The molecule has 0 heterocycles. The molecule has 0 unspecified atom stereocenters. The maximum absolute atomic E-state index is 3.96. The largest absolute Gasteiger partial charge is 0.299 e. The summed E-state index contributed by atoms with van der Waals surface area (Å²) in [5, 5.41) is 0. The Morgan fingerprint density at radius 2 is 1.76 bits per heavy atom. The molecule has 0 saturated carbocycles. The highest BCUT2D eigenvalue weighted by atomic mass is 14.1. The topological polar surface area (TPSA) is 0 Å². The van der Waals surface area contributed by atoms with Crippen molar-refractivity contribution in [3.63, 3.8) is 0 Å². The van der Waals surface area contributed by atoms with Crippen LogP contribution >= 0.6 is 0 Å². The van der Waals surface area contributed by atoms with Crippen LogP contribution in [0, 0.1) is 39.5 Å². The molecule has 0 spiro atoms. The third-order valence-electron chi connectivity index (χ3n) is 2.69. The second-order valence-electron chi connectivity index (χ2n) is 4.12. The molecule has 0 heteroatoms. The average molecular weight is 230 g/mol. The molecule has 0 aliphatic heterocycles. The van der Waals surface area contributed by atoms with Crippen LogP contribution < -0.4 is 0 Å². The standard InChI is InChI=1S/C17H26/c1-5-9-12-17(13-10-6-2)15-14-16(8-4)11-7-3/h7,9-10,15H,1-6,8,11-14H2. The summed E-state index contributed by atoms with van der Waals surface area (Å²) in [7, 11) is 0. The first-order valence-electron chi connectivity index (χ1n) is 6.41.